The molecule has 5 nitrogen and oxygen atoms in total. The van der Waals surface area contributed by atoms with Crippen molar-refractivity contribution in [2.45, 2.75) is 51.4 Å². The van der Waals surface area contributed by atoms with Crippen molar-refractivity contribution in [2.24, 2.45) is 0 Å². The van der Waals surface area contributed by atoms with E-state index in [-0.39, 0.29) is 18.2 Å². The van der Waals surface area contributed by atoms with E-state index in [1.807, 2.05) is 0 Å². The largest absolute Gasteiger partial charge is 0.444 e. The van der Waals surface area contributed by atoms with Crippen molar-refractivity contribution in [3.8, 4) is 12.3 Å². The minimum Gasteiger partial charge on any atom is -0.444 e. The number of Topliss-reactive ketones (excluding diaryl/α,β-unsaturated/α-hetero) is 1. The fraction of sp³-hybridized carbons (Fsp3) is 0.692. The molecule has 1 N–H and O–H groups in total. The molecule has 1 saturated heterocycles. The summed E-state index contributed by atoms with van der Waals surface area (Å²) in [4.78, 5) is 23.3. The number of rotatable bonds is 3. The van der Waals surface area contributed by atoms with Gasteiger partial charge in [-0.05, 0) is 27.2 Å². The lowest BCUT2D eigenvalue weighted by Crippen LogP contribution is -2.45. The molecule has 1 aliphatic rings. The predicted molar refractivity (Wildman–Crippen MR) is 66.0 cm³/mol. The number of hydrogen-bond donors (Lipinski definition) is 1. The molecule has 0 bridgehead atoms. The van der Waals surface area contributed by atoms with E-state index >= 15 is 0 Å². The summed E-state index contributed by atoms with van der Waals surface area (Å²) in [6, 6.07) is -0.360. The van der Waals surface area contributed by atoms with Crippen LogP contribution in [-0.2, 0) is 14.3 Å². The van der Waals surface area contributed by atoms with Crippen LogP contribution in [0.2, 0.25) is 0 Å². The first-order valence-corrected chi connectivity index (χ1v) is 5.91. The Labute approximate surface area is 107 Å². The summed E-state index contributed by atoms with van der Waals surface area (Å²) in [5, 5.41) is 2.65. The number of carbonyl (C=O) groups excluding carboxylic acids is 2. The van der Waals surface area contributed by atoms with E-state index in [1.165, 1.54) is 0 Å². The molecular weight excluding hydrogens is 234 g/mol. The number of ether oxygens (including phenoxy) is 2. The zero-order valence-electron chi connectivity index (χ0n) is 11.0. The van der Waals surface area contributed by atoms with Crippen molar-refractivity contribution in [3.63, 3.8) is 0 Å². The number of hydrogen-bond acceptors (Lipinski definition) is 4. The summed E-state index contributed by atoms with van der Waals surface area (Å²) < 4.78 is 10.4. The van der Waals surface area contributed by atoms with Gasteiger partial charge in [-0.15, -0.1) is 6.42 Å². The Morgan fingerprint density at radius 3 is 2.72 bits per heavy atom. The molecule has 1 fully saturated rings. The van der Waals surface area contributed by atoms with Crippen molar-refractivity contribution >= 4 is 11.9 Å². The lowest BCUT2D eigenvalue weighted by Gasteiger charge is -2.23. The van der Waals surface area contributed by atoms with Gasteiger partial charge in [0.05, 0.1) is 12.5 Å². The van der Waals surface area contributed by atoms with Crippen LogP contribution >= 0.6 is 0 Å². The standard InChI is InChI=1S/C13H19NO4/c1-5-6-10(15)11-9(7-8-17-11)14-12(16)18-13(2,3)4/h1,9,11H,6-8H2,2-4H3,(H,14,16)/t9-,11+/m1/s1. The van der Waals surface area contributed by atoms with Gasteiger partial charge in [-0.25, -0.2) is 4.79 Å². The van der Waals surface area contributed by atoms with Crippen molar-refractivity contribution in [2.75, 3.05) is 6.61 Å². The average molecular weight is 253 g/mol. The molecule has 18 heavy (non-hydrogen) atoms. The van der Waals surface area contributed by atoms with Crippen LogP contribution in [0.15, 0.2) is 0 Å². The van der Waals surface area contributed by atoms with Gasteiger partial charge < -0.3 is 14.8 Å². The van der Waals surface area contributed by atoms with E-state index in [4.69, 9.17) is 15.9 Å². The van der Waals surface area contributed by atoms with E-state index in [2.05, 4.69) is 11.2 Å². The molecule has 0 unspecified atom stereocenters. The number of alkyl carbamates (subject to hydrolysis) is 1. The highest BCUT2D eigenvalue weighted by molar-refractivity contribution is 5.86. The number of amides is 1. The van der Waals surface area contributed by atoms with Gasteiger partial charge in [0.2, 0.25) is 0 Å². The van der Waals surface area contributed by atoms with Gasteiger partial charge in [0, 0.05) is 6.61 Å². The molecule has 0 saturated carbocycles. The van der Waals surface area contributed by atoms with Crippen LogP contribution in [0.1, 0.15) is 33.6 Å². The number of ketones is 1. The topological polar surface area (TPSA) is 64.6 Å². The molecule has 1 heterocycles. The van der Waals surface area contributed by atoms with Crippen LogP contribution in [0.3, 0.4) is 0 Å². The molecule has 1 amide bonds. The SMILES string of the molecule is C#CCC(=O)[C@H]1OCC[C@H]1NC(=O)OC(C)(C)C. The Bertz CT molecular complexity index is 364. The van der Waals surface area contributed by atoms with Gasteiger partial charge in [0.25, 0.3) is 0 Å². The summed E-state index contributed by atoms with van der Waals surface area (Å²) >= 11 is 0. The summed E-state index contributed by atoms with van der Waals surface area (Å²) in [6.45, 7) is 5.76. The second kappa shape index (κ2) is 5.87. The van der Waals surface area contributed by atoms with E-state index in [1.54, 1.807) is 20.8 Å². The van der Waals surface area contributed by atoms with E-state index in [9.17, 15) is 9.59 Å². The van der Waals surface area contributed by atoms with Gasteiger partial charge >= 0.3 is 6.09 Å². The van der Waals surface area contributed by atoms with Crippen LogP contribution in [0.25, 0.3) is 0 Å². The van der Waals surface area contributed by atoms with Gasteiger partial charge in [0.1, 0.15) is 11.7 Å². The van der Waals surface area contributed by atoms with E-state index in [0.29, 0.717) is 13.0 Å². The molecular formula is C13H19NO4. The average Bonchev–Trinajstić information content (AvgIpc) is 2.62. The third-order valence-corrected chi connectivity index (χ3v) is 2.39. The smallest absolute Gasteiger partial charge is 0.407 e. The van der Waals surface area contributed by atoms with Crippen LogP contribution in [0.5, 0.6) is 0 Å². The first-order chi connectivity index (χ1) is 8.33. The molecule has 1 rings (SSSR count). The molecule has 0 aliphatic carbocycles. The van der Waals surface area contributed by atoms with Crippen LogP contribution in [-0.4, -0.2) is 36.2 Å². The minimum absolute atomic E-state index is 0.0111. The normalized spacial score (nSPS) is 23.2. The first kappa shape index (κ1) is 14.5. The van der Waals surface area contributed by atoms with E-state index < -0.39 is 17.8 Å². The molecule has 0 aromatic heterocycles. The molecule has 2 atom stereocenters. The summed E-state index contributed by atoms with van der Waals surface area (Å²) in [7, 11) is 0. The van der Waals surface area contributed by atoms with Crippen LogP contribution < -0.4 is 5.32 Å². The van der Waals surface area contributed by atoms with Gasteiger partial charge in [0.15, 0.2) is 5.78 Å². The number of nitrogens with one attached hydrogen (secondary N) is 1. The molecule has 0 spiro atoms. The second-order valence-electron chi connectivity index (χ2n) is 5.18. The van der Waals surface area contributed by atoms with Crippen molar-refractivity contribution in [1.29, 1.82) is 0 Å². The fourth-order valence-electron chi connectivity index (χ4n) is 1.71. The molecule has 0 aromatic carbocycles. The van der Waals surface area contributed by atoms with Gasteiger partial charge in [-0.3, -0.25) is 4.79 Å². The summed E-state index contributed by atoms with van der Waals surface area (Å²) in [5.74, 6) is 2.10. The Balaban J connectivity index is 2.53. The number of carbonyl (C=O) groups is 2. The van der Waals surface area contributed by atoms with E-state index in [0.717, 1.165) is 0 Å². The molecule has 1 aliphatic heterocycles. The van der Waals surface area contributed by atoms with Crippen molar-refractivity contribution in [3.05, 3.63) is 0 Å². The zero-order chi connectivity index (χ0) is 13.8. The van der Waals surface area contributed by atoms with Crippen LogP contribution in [0, 0.1) is 12.3 Å². The fourth-order valence-corrected chi connectivity index (χ4v) is 1.71. The molecule has 0 aromatic rings. The van der Waals surface area contributed by atoms with Crippen molar-refractivity contribution in [1.82, 2.24) is 5.32 Å². The maximum absolute atomic E-state index is 11.7. The third kappa shape index (κ3) is 4.38. The first-order valence-electron chi connectivity index (χ1n) is 5.91. The quantitative estimate of drug-likeness (QED) is 0.769. The van der Waals surface area contributed by atoms with Crippen LogP contribution in [0.4, 0.5) is 4.79 Å². The highest BCUT2D eigenvalue weighted by atomic mass is 16.6. The highest BCUT2D eigenvalue weighted by Crippen LogP contribution is 2.16. The Kier molecular flexibility index (Phi) is 4.74. The predicted octanol–water partition coefficient (Wildman–Crippen LogP) is 1.26. The molecule has 100 valence electrons. The Morgan fingerprint density at radius 1 is 1.50 bits per heavy atom. The second-order valence-corrected chi connectivity index (χ2v) is 5.18. The molecule has 5 heteroatoms. The summed E-state index contributed by atoms with van der Waals surface area (Å²) in [5.41, 5.74) is -0.568. The third-order valence-electron chi connectivity index (χ3n) is 2.39. The van der Waals surface area contributed by atoms with Crippen molar-refractivity contribution < 1.29 is 19.1 Å². The van der Waals surface area contributed by atoms with Gasteiger partial charge in [-0.2, -0.15) is 0 Å². The monoisotopic (exact) mass is 253 g/mol. The number of terminal acetylenes is 1. The Hall–Kier alpha value is -1.54. The lowest BCUT2D eigenvalue weighted by atomic mass is 10.0. The maximum atomic E-state index is 11.7. The minimum atomic E-state index is -0.659. The lowest BCUT2D eigenvalue weighted by molar-refractivity contribution is -0.127. The maximum Gasteiger partial charge on any atom is 0.407 e. The van der Waals surface area contributed by atoms with Gasteiger partial charge in [-0.1, -0.05) is 5.92 Å². The Morgan fingerprint density at radius 2 is 2.17 bits per heavy atom. The molecule has 0 radical (unpaired) electrons. The highest BCUT2D eigenvalue weighted by Gasteiger charge is 2.35. The summed E-state index contributed by atoms with van der Waals surface area (Å²) in [6.07, 6.45) is 4.48. The zero-order valence-corrected chi connectivity index (χ0v) is 11.0.